The molecular formula is C17H26N2O3. The molecule has 0 saturated carbocycles. The van der Waals surface area contributed by atoms with Gasteiger partial charge in [-0.1, -0.05) is 12.1 Å². The van der Waals surface area contributed by atoms with Gasteiger partial charge in [-0.2, -0.15) is 0 Å². The Morgan fingerprint density at radius 1 is 1.32 bits per heavy atom. The Balaban J connectivity index is 2.38. The fourth-order valence-corrected chi connectivity index (χ4v) is 1.61. The smallest absolute Gasteiger partial charge is 0.220 e. The van der Waals surface area contributed by atoms with Gasteiger partial charge in [0.2, 0.25) is 5.91 Å². The molecule has 0 heterocycles. The molecule has 0 radical (unpaired) electrons. The van der Waals surface area contributed by atoms with Crippen LogP contribution >= 0.6 is 0 Å². The summed E-state index contributed by atoms with van der Waals surface area (Å²) in [6, 6.07) is 7.43. The lowest BCUT2D eigenvalue weighted by Crippen LogP contribution is -2.42. The highest BCUT2D eigenvalue weighted by atomic mass is 16.5. The van der Waals surface area contributed by atoms with E-state index in [1.54, 1.807) is 12.3 Å². The van der Waals surface area contributed by atoms with E-state index < -0.39 is 6.10 Å². The van der Waals surface area contributed by atoms with Crippen molar-refractivity contribution >= 4 is 12.0 Å². The summed E-state index contributed by atoms with van der Waals surface area (Å²) in [5.74, 6) is 0.598. The molecule has 1 aromatic carbocycles. The maximum absolute atomic E-state index is 10.7. The third-order valence-corrected chi connectivity index (χ3v) is 2.75. The molecule has 0 aliphatic carbocycles. The first kappa shape index (κ1) is 18.2. The minimum Gasteiger partial charge on any atom is -0.491 e. The number of carbonyl (C=O) groups excluding carboxylic acids is 1. The van der Waals surface area contributed by atoms with Crippen molar-refractivity contribution in [3.8, 4) is 5.75 Å². The predicted octanol–water partition coefficient (Wildman–Crippen LogP) is 1.92. The summed E-state index contributed by atoms with van der Waals surface area (Å²) in [5, 5.41) is 15.7. The first-order valence-electron chi connectivity index (χ1n) is 7.36. The van der Waals surface area contributed by atoms with Crippen LogP contribution in [0.5, 0.6) is 5.75 Å². The van der Waals surface area contributed by atoms with Gasteiger partial charge in [0.1, 0.15) is 18.5 Å². The molecule has 5 nitrogen and oxygen atoms in total. The van der Waals surface area contributed by atoms with Crippen molar-refractivity contribution in [1.29, 1.82) is 0 Å². The molecule has 0 saturated heterocycles. The Morgan fingerprint density at radius 3 is 2.50 bits per heavy atom. The fraction of sp³-hybridized carbons (Fsp3) is 0.471. The molecule has 0 spiro atoms. The van der Waals surface area contributed by atoms with Gasteiger partial charge in [0.05, 0.1) is 0 Å². The second-order valence-electron chi connectivity index (χ2n) is 6.20. The summed E-state index contributed by atoms with van der Waals surface area (Å²) in [4.78, 5) is 10.7. The molecule has 0 aliphatic rings. The SMILES string of the molecule is CC(=O)N/C=C/c1ccc(OCC(O)CNC(C)(C)C)cc1. The van der Waals surface area contributed by atoms with Crippen LogP contribution in [0.3, 0.4) is 0 Å². The normalized spacial score (nSPS) is 13.1. The van der Waals surface area contributed by atoms with Crippen LogP contribution in [0.4, 0.5) is 0 Å². The van der Waals surface area contributed by atoms with Crippen LogP contribution in [0, 0.1) is 0 Å². The number of benzene rings is 1. The van der Waals surface area contributed by atoms with E-state index in [4.69, 9.17) is 4.74 Å². The van der Waals surface area contributed by atoms with Crippen LogP contribution in [0.15, 0.2) is 30.5 Å². The lowest BCUT2D eigenvalue weighted by molar-refractivity contribution is -0.118. The zero-order chi connectivity index (χ0) is 16.6. The van der Waals surface area contributed by atoms with Crippen LogP contribution in [-0.2, 0) is 4.79 Å². The van der Waals surface area contributed by atoms with Crippen molar-refractivity contribution < 1.29 is 14.6 Å². The highest BCUT2D eigenvalue weighted by Crippen LogP contribution is 2.13. The van der Waals surface area contributed by atoms with E-state index in [0.29, 0.717) is 12.3 Å². The number of hydrogen-bond donors (Lipinski definition) is 3. The highest BCUT2D eigenvalue weighted by molar-refractivity contribution is 5.74. The number of aliphatic hydroxyl groups excluding tert-OH is 1. The van der Waals surface area contributed by atoms with E-state index in [9.17, 15) is 9.90 Å². The Labute approximate surface area is 132 Å². The van der Waals surface area contributed by atoms with Crippen LogP contribution in [-0.4, -0.2) is 35.8 Å². The number of aliphatic hydroxyl groups is 1. The molecule has 5 heteroatoms. The second-order valence-corrected chi connectivity index (χ2v) is 6.20. The average Bonchev–Trinajstić information content (AvgIpc) is 2.43. The highest BCUT2D eigenvalue weighted by Gasteiger charge is 2.12. The minimum atomic E-state index is -0.557. The molecule has 0 aromatic heterocycles. The summed E-state index contributed by atoms with van der Waals surface area (Å²) in [6.07, 6.45) is 2.84. The van der Waals surface area contributed by atoms with Crippen molar-refractivity contribution in [2.24, 2.45) is 0 Å². The number of hydrogen-bond acceptors (Lipinski definition) is 4. The van der Waals surface area contributed by atoms with Crippen molar-refractivity contribution in [3.05, 3.63) is 36.0 Å². The summed E-state index contributed by atoms with van der Waals surface area (Å²) in [7, 11) is 0. The van der Waals surface area contributed by atoms with Crippen molar-refractivity contribution in [3.63, 3.8) is 0 Å². The standard InChI is InChI=1S/C17H26N2O3/c1-13(20)18-10-9-14-5-7-16(8-6-14)22-12-15(21)11-19-17(2,3)4/h5-10,15,19,21H,11-12H2,1-4H3,(H,18,20)/b10-9+. The van der Waals surface area contributed by atoms with E-state index in [0.717, 1.165) is 5.56 Å². The molecular weight excluding hydrogens is 280 g/mol. The zero-order valence-corrected chi connectivity index (χ0v) is 13.7. The van der Waals surface area contributed by atoms with E-state index in [2.05, 4.69) is 10.6 Å². The Morgan fingerprint density at radius 2 is 1.95 bits per heavy atom. The van der Waals surface area contributed by atoms with Crippen LogP contribution in [0.2, 0.25) is 0 Å². The number of carbonyl (C=O) groups is 1. The van der Waals surface area contributed by atoms with Gasteiger partial charge in [0.15, 0.2) is 0 Å². The third-order valence-electron chi connectivity index (χ3n) is 2.75. The lowest BCUT2D eigenvalue weighted by Gasteiger charge is -2.22. The van der Waals surface area contributed by atoms with Gasteiger partial charge in [0, 0.05) is 25.2 Å². The second kappa shape index (κ2) is 8.56. The maximum Gasteiger partial charge on any atom is 0.220 e. The zero-order valence-electron chi connectivity index (χ0n) is 13.7. The Hall–Kier alpha value is -1.85. The third kappa shape index (κ3) is 8.44. The van der Waals surface area contributed by atoms with Crippen molar-refractivity contribution in [2.45, 2.75) is 39.3 Å². The largest absolute Gasteiger partial charge is 0.491 e. The molecule has 1 unspecified atom stereocenters. The monoisotopic (exact) mass is 306 g/mol. The van der Waals surface area contributed by atoms with Gasteiger partial charge in [-0.3, -0.25) is 4.79 Å². The topological polar surface area (TPSA) is 70.6 Å². The first-order valence-corrected chi connectivity index (χ1v) is 7.36. The molecule has 1 atom stereocenters. The minimum absolute atomic E-state index is 0.0249. The van der Waals surface area contributed by atoms with Crippen LogP contribution in [0.1, 0.15) is 33.3 Å². The fourth-order valence-electron chi connectivity index (χ4n) is 1.61. The molecule has 1 aromatic rings. The van der Waals surface area contributed by atoms with E-state index >= 15 is 0 Å². The molecule has 1 amide bonds. The van der Waals surface area contributed by atoms with Gasteiger partial charge in [-0.25, -0.2) is 0 Å². The summed E-state index contributed by atoms with van der Waals surface area (Å²) >= 11 is 0. The van der Waals surface area contributed by atoms with Gasteiger partial charge in [-0.15, -0.1) is 0 Å². The van der Waals surface area contributed by atoms with Gasteiger partial charge < -0.3 is 20.5 Å². The molecule has 3 N–H and O–H groups in total. The van der Waals surface area contributed by atoms with Crippen LogP contribution in [0.25, 0.3) is 6.08 Å². The quantitative estimate of drug-likeness (QED) is 0.720. The van der Waals surface area contributed by atoms with Crippen LogP contribution < -0.4 is 15.4 Å². The van der Waals surface area contributed by atoms with E-state index in [1.807, 2.05) is 45.0 Å². The number of ether oxygens (including phenoxy) is 1. The lowest BCUT2D eigenvalue weighted by atomic mass is 10.1. The maximum atomic E-state index is 10.7. The van der Waals surface area contributed by atoms with Crippen molar-refractivity contribution in [1.82, 2.24) is 10.6 Å². The first-order chi connectivity index (χ1) is 10.3. The van der Waals surface area contributed by atoms with E-state index in [-0.39, 0.29) is 18.1 Å². The predicted molar refractivity (Wildman–Crippen MR) is 88.6 cm³/mol. The summed E-state index contributed by atoms with van der Waals surface area (Å²) in [5.41, 5.74) is 0.930. The van der Waals surface area contributed by atoms with Gasteiger partial charge in [0.25, 0.3) is 0 Å². The molecule has 0 bridgehead atoms. The molecule has 0 aliphatic heterocycles. The number of nitrogens with one attached hydrogen (secondary N) is 2. The van der Waals surface area contributed by atoms with Gasteiger partial charge in [-0.05, 0) is 44.5 Å². The molecule has 1 rings (SSSR count). The number of β-amino-alcohol motifs (C(OH)–C–C–N with tert-alkyl or cyclic N) is 1. The van der Waals surface area contributed by atoms with Crippen molar-refractivity contribution in [2.75, 3.05) is 13.2 Å². The molecule has 0 fully saturated rings. The van der Waals surface area contributed by atoms with E-state index in [1.165, 1.54) is 6.92 Å². The number of rotatable bonds is 7. The Kier molecular flexibility index (Phi) is 7.08. The summed E-state index contributed by atoms with van der Waals surface area (Å²) < 4.78 is 5.55. The molecule has 122 valence electrons. The Bertz CT molecular complexity index is 490. The molecule has 22 heavy (non-hydrogen) atoms. The average molecular weight is 306 g/mol. The van der Waals surface area contributed by atoms with Gasteiger partial charge >= 0.3 is 0 Å². The summed E-state index contributed by atoms with van der Waals surface area (Å²) in [6.45, 7) is 8.33. The number of amides is 1.